The SMILES string of the molecule is O=C(NCc1nn(C2CCCC2)c2c1CCCC2)Nc1ccccc1Cl. The summed E-state index contributed by atoms with van der Waals surface area (Å²) in [7, 11) is 0. The van der Waals surface area contributed by atoms with Crippen molar-refractivity contribution in [1.29, 1.82) is 0 Å². The predicted octanol–water partition coefficient (Wildman–Crippen LogP) is 4.85. The summed E-state index contributed by atoms with van der Waals surface area (Å²) >= 11 is 6.10. The van der Waals surface area contributed by atoms with E-state index in [1.54, 1.807) is 12.1 Å². The lowest BCUT2D eigenvalue weighted by molar-refractivity contribution is 0.251. The maximum absolute atomic E-state index is 12.3. The first-order valence-corrected chi connectivity index (χ1v) is 9.98. The lowest BCUT2D eigenvalue weighted by atomic mass is 9.95. The number of para-hydroxylation sites is 1. The van der Waals surface area contributed by atoms with Crippen molar-refractivity contribution in [1.82, 2.24) is 15.1 Å². The zero-order chi connectivity index (χ0) is 17.9. The fraction of sp³-hybridized carbons (Fsp3) is 0.500. The Hall–Kier alpha value is -2.01. The number of nitrogens with zero attached hydrogens (tertiary/aromatic N) is 2. The van der Waals surface area contributed by atoms with Gasteiger partial charge in [0.05, 0.1) is 29.0 Å². The normalized spacial score (nSPS) is 17.1. The summed E-state index contributed by atoms with van der Waals surface area (Å²) in [5.74, 6) is 0. The van der Waals surface area contributed by atoms with Crippen LogP contribution in [0, 0.1) is 0 Å². The van der Waals surface area contributed by atoms with Gasteiger partial charge in [0.15, 0.2) is 0 Å². The third-order valence-electron chi connectivity index (χ3n) is 5.50. The highest BCUT2D eigenvalue weighted by Crippen LogP contribution is 2.34. The first-order chi connectivity index (χ1) is 12.7. The van der Waals surface area contributed by atoms with Crippen LogP contribution in [0.1, 0.15) is 61.5 Å². The van der Waals surface area contributed by atoms with E-state index in [0.29, 0.717) is 23.3 Å². The Morgan fingerprint density at radius 1 is 1.15 bits per heavy atom. The van der Waals surface area contributed by atoms with E-state index in [2.05, 4.69) is 15.3 Å². The Kier molecular flexibility index (Phi) is 5.16. The van der Waals surface area contributed by atoms with Gasteiger partial charge in [-0.1, -0.05) is 36.6 Å². The van der Waals surface area contributed by atoms with Gasteiger partial charge in [0.2, 0.25) is 0 Å². The predicted molar refractivity (Wildman–Crippen MR) is 104 cm³/mol. The van der Waals surface area contributed by atoms with Gasteiger partial charge in [0, 0.05) is 5.69 Å². The molecule has 0 atom stereocenters. The molecule has 0 saturated heterocycles. The molecular formula is C20H25ClN4O. The van der Waals surface area contributed by atoms with Crippen LogP contribution in [0.4, 0.5) is 10.5 Å². The molecule has 0 bridgehead atoms. The average Bonchev–Trinajstić information content (AvgIpc) is 3.30. The quantitative estimate of drug-likeness (QED) is 0.805. The molecule has 1 heterocycles. The van der Waals surface area contributed by atoms with Gasteiger partial charge >= 0.3 is 6.03 Å². The molecule has 26 heavy (non-hydrogen) atoms. The van der Waals surface area contributed by atoms with Crippen molar-refractivity contribution in [2.45, 2.75) is 64.0 Å². The van der Waals surface area contributed by atoms with E-state index in [1.165, 1.54) is 49.8 Å². The van der Waals surface area contributed by atoms with E-state index < -0.39 is 0 Å². The molecule has 2 aliphatic carbocycles. The Balaban J connectivity index is 1.46. The van der Waals surface area contributed by atoms with E-state index in [1.807, 2.05) is 12.1 Å². The van der Waals surface area contributed by atoms with Crippen molar-refractivity contribution >= 4 is 23.3 Å². The number of nitrogens with one attached hydrogen (secondary N) is 2. The molecule has 2 aromatic rings. The fourth-order valence-corrected chi connectivity index (χ4v) is 4.37. The van der Waals surface area contributed by atoms with Crippen LogP contribution in [0.5, 0.6) is 0 Å². The van der Waals surface area contributed by atoms with Crippen molar-refractivity contribution in [2.24, 2.45) is 0 Å². The van der Waals surface area contributed by atoms with Crippen molar-refractivity contribution in [2.75, 3.05) is 5.32 Å². The second-order valence-electron chi connectivity index (χ2n) is 7.25. The lowest BCUT2D eigenvalue weighted by Crippen LogP contribution is -2.29. The molecule has 0 spiro atoms. The topological polar surface area (TPSA) is 59.0 Å². The molecule has 1 fully saturated rings. The summed E-state index contributed by atoms with van der Waals surface area (Å²) in [6.45, 7) is 0.457. The maximum Gasteiger partial charge on any atom is 0.319 e. The monoisotopic (exact) mass is 372 g/mol. The minimum atomic E-state index is -0.252. The summed E-state index contributed by atoms with van der Waals surface area (Å²) in [6, 6.07) is 7.54. The molecule has 5 nitrogen and oxygen atoms in total. The molecule has 1 aromatic heterocycles. The average molecular weight is 373 g/mol. The van der Waals surface area contributed by atoms with Crippen LogP contribution in [0.3, 0.4) is 0 Å². The molecule has 1 saturated carbocycles. The fourth-order valence-electron chi connectivity index (χ4n) is 4.19. The van der Waals surface area contributed by atoms with Gasteiger partial charge in [-0.2, -0.15) is 5.10 Å². The van der Waals surface area contributed by atoms with E-state index >= 15 is 0 Å². The van der Waals surface area contributed by atoms with Crippen LogP contribution in [-0.4, -0.2) is 15.8 Å². The van der Waals surface area contributed by atoms with Crippen LogP contribution in [0.2, 0.25) is 5.02 Å². The maximum atomic E-state index is 12.3. The number of carbonyl (C=O) groups is 1. The number of urea groups is 1. The first kappa shape index (κ1) is 17.4. The molecule has 0 aliphatic heterocycles. The second-order valence-corrected chi connectivity index (χ2v) is 7.66. The number of anilines is 1. The van der Waals surface area contributed by atoms with Gasteiger partial charge in [-0.25, -0.2) is 4.79 Å². The third kappa shape index (κ3) is 3.58. The minimum absolute atomic E-state index is 0.252. The number of halogens is 1. The smallest absolute Gasteiger partial charge is 0.319 e. The highest BCUT2D eigenvalue weighted by molar-refractivity contribution is 6.33. The van der Waals surface area contributed by atoms with Gasteiger partial charge in [-0.05, 0) is 56.2 Å². The van der Waals surface area contributed by atoms with E-state index in [-0.39, 0.29) is 6.03 Å². The van der Waals surface area contributed by atoms with E-state index in [4.69, 9.17) is 16.7 Å². The van der Waals surface area contributed by atoms with Crippen molar-refractivity contribution < 1.29 is 4.79 Å². The molecule has 2 aliphatic rings. The highest BCUT2D eigenvalue weighted by Gasteiger charge is 2.26. The number of carbonyl (C=O) groups excluding carboxylic acids is 1. The van der Waals surface area contributed by atoms with Gasteiger partial charge < -0.3 is 10.6 Å². The van der Waals surface area contributed by atoms with Crippen LogP contribution in [0.15, 0.2) is 24.3 Å². The zero-order valence-corrected chi connectivity index (χ0v) is 15.7. The van der Waals surface area contributed by atoms with Crippen molar-refractivity contribution in [3.8, 4) is 0 Å². The number of aromatic nitrogens is 2. The molecular weight excluding hydrogens is 348 g/mol. The number of hydrogen-bond acceptors (Lipinski definition) is 2. The molecule has 2 N–H and O–H groups in total. The van der Waals surface area contributed by atoms with Crippen LogP contribution in [-0.2, 0) is 19.4 Å². The van der Waals surface area contributed by atoms with Gasteiger partial charge in [-0.3, -0.25) is 4.68 Å². The molecule has 6 heteroatoms. The van der Waals surface area contributed by atoms with Crippen LogP contribution >= 0.6 is 11.6 Å². The minimum Gasteiger partial charge on any atom is -0.332 e. The number of rotatable bonds is 4. The molecule has 0 radical (unpaired) electrons. The van der Waals surface area contributed by atoms with Gasteiger partial charge in [-0.15, -0.1) is 0 Å². The van der Waals surface area contributed by atoms with Gasteiger partial charge in [0.25, 0.3) is 0 Å². The molecule has 2 amide bonds. The van der Waals surface area contributed by atoms with Crippen molar-refractivity contribution in [3.05, 3.63) is 46.2 Å². The molecule has 4 rings (SSSR count). The molecule has 138 valence electrons. The summed E-state index contributed by atoms with van der Waals surface area (Å²) in [5.41, 5.74) is 4.42. The van der Waals surface area contributed by atoms with Gasteiger partial charge in [0.1, 0.15) is 0 Å². The Labute approximate surface area is 159 Å². The molecule has 0 unspecified atom stereocenters. The third-order valence-corrected chi connectivity index (χ3v) is 5.83. The lowest BCUT2D eigenvalue weighted by Gasteiger charge is -2.18. The summed E-state index contributed by atoms with van der Waals surface area (Å²) < 4.78 is 2.28. The van der Waals surface area contributed by atoms with E-state index in [0.717, 1.165) is 18.5 Å². The Bertz CT molecular complexity index is 795. The molecule has 1 aromatic carbocycles. The number of fused-ring (bicyclic) bond motifs is 1. The number of hydrogen-bond donors (Lipinski definition) is 2. The Morgan fingerprint density at radius 2 is 1.92 bits per heavy atom. The van der Waals surface area contributed by atoms with Crippen LogP contribution in [0.25, 0.3) is 0 Å². The Morgan fingerprint density at radius 3 is 2.73 bits per heavy atom. The summed E-state index contributed by atoms with van der Waals surface area (Å²) in [4.78, 5) is 12.3. The highest BCUT2D eigenvalue weighted by atomic mass is 35.5. The first-order valence-electron chi connectivity index (χ1n) is 9.61. The summed E-state index contributed by atoms with van der Waals surface area (Å²) in [5, 5.41) is 11.2. The second kappa shape index (κ2) is 7.70. The van der Waals surface area contributed by atoms with E-state index in [9.17, 15) is 4.79 Å². The van der Waals surface area contributed by atoms with Crippen LogP contribution < -0.4 is 10.6 Å². The largest absolute Gasteiger partial charge is 0.332 e. The number of amides is 2. The zero-order valence-electron chi connectivity index (χ0n) is 14.9. The summed E-state index contributed by atoms with van der Waals surface area (Å²) in [6.07, 6.45) is 9.70. The number of benzene rings is 1. The van der Waals surface area contributed by atoms with Crippen molar-refractivity contribution in [3.63, 3.8) is 0 Å². The standard InChI is InChI=1S/C20H25ClN4O/c21-16-10-4-5-11-17(16)23-20(26)22-13-18-15-9-3-6-12-19(15)25(24-18)14-7-1-2-8-14/h4-5,10-11,14H,1-3,6-9,12-13H2,(H2,22,23,26).